The van der Waals surface area contributed by atoms with Crippen LogP contribution in [0.2, 0.25) is 0 Å². The number of nitrogens with zero attached hydrogens (tertiary/aromatic N) is 1. The summed E-state index contributed by atoms with van der Waals surface area (Å²) in [5.41, 5.74) is 5.68. The van der Waals surface area contributed by atoms with Gasteiger partial charge in [0.2, 0.25) is 0 Å². The molecule has 12 heavy (non-hydrogen) atoms. The van der Waals surface area contributed by atoms with Crippen LogP contribution >= 0.6 is 11.8 Å². The molecule has 2 nitrogen and oxygen atoms in total. The summed E-state index contributed by atoms with van der Waals surface area (Å²) in [5, 5.41) is 0. The Morgan fingerprint density at radius 3 is 2.58 bits per heavy atom. The molecule has 3 heteroatoms. The molecule has 0 atom stereocenters. The molecule has 0 heterocycles. The Hall–Kier alpha value is -0.180. The van der Waals surface area contributed by atoms with Gasteiger partial charge in [-0.25, -0.2) is 0 Å². The first-order chi connectivity index (χ1) is 5.68. The molecule has 2 N–H and O–H groups in total. The van der Waals surface area contributed by atoms with E-state index in [-0.39, 0.29) is 0 Å². The standard InChI is InChI=1S/C9H20N2S/c1-8(2)9(10)11-6-4-5-7-12-3/h8H,4-7H2,1-3H3,(H2,10,11). The Balaban J connectivity index is 3.34. The van der Waals surface area contributed by atoms with Gasteiger partial charge in [0.1, 0.15) is 0 Å². The van der Waals surface area contributed by atoms with Gasteiger partial charge < -0.3 is 5.73 Å². The van der Waals surface area contributed by atoms with Crippen molar-refractivity contribution >= 4 is 17.6 Å². The quantitative estimate of drug-likeness (QED) is 0.394. The number of hydrogen-bond donors (Lipinski definition) is 1. The van der Waals surface area contributed by atoms with Crippen molar-refractivity contribution in [2.24, 2.45) is 16.6 Å². The van der Waals surface area contributed by atoms with E-state index in [1.165, 1.54) is 12.2 Å². The number of amidine groups is 1. The van der Waals surface area contributed by atoms with Crippen molar-refractivity contribution in [2.45, 2.75) is 26.7 Å². The first kappa shape index (κ1) is 11.8. The zero-order valence-corrected chi connectivity index (χ0v) is 9.16. The first-order valence-corrected chi connectivity index (χ1v) is 5.86. The third-order valence-electron chi connectivity index (χ3n) is 1.64. The number of aliphatic imine (C=N–C) groups is 1. The first-order valence-electron chi connectivity index (χ1n) is 4.47. The summed E-state index contributed by atoms with van der Waals surface area (Å²) in [6.45, 7) is 5.03. The molecule has 0 radical (unpaired) electrons. The van der Waals surface area contributed by atoms with Crippen LogP contribution in [0.4, 0.5) is 0 Å². The Morgan fingerprint density at radius 2 is 2.08 bits per heavy atom. The fraction of sp³-hybridized carbons (Fsp3) is 0.889. The number of rotatable bonds is 6. The summed E-state index contributed by atoms with van der Waals surface area (Å²) in [5.74, 6) is 2.42. The summed E-state index contributed by atoms with van der Waals surface area (Å²) in [4.78, 5) is 4.28. The molecule has 0 aromatic rings. The van der Waals surface area contributed by atoms with Crippen LogP contribution in [0.5, 0.6) is 0 Å². The van der Waals surface area contributed by atoms with Crippen LogP contribution in [0, 0.1) is 5.92 Å². The summed E-state index contributed by atoms with van der Waals surface area (Å²) in [7, 11) is 0. The average molecular weight is 188 g/mol. The minimum absolute atomic E-state index is 0.394. The predicted octanol–water partition coefficient (Wildman–Crippen LogP) is 2.14. The van der Waals surface area contributed by atoms with E-state index >= 15 is 0 Å². The number of hydrogen-bond acceptors (Lipinski definition) is 2. The van der Waals surface area contributed by atoms with Crippen LogP contribution in [0.25, 0.3) is 0 Å². The highest BCUT2D eigenvalue weighted by Crippen LogP contribution is 2.00. The van der Waals surface area contributed by atoms with E-state index in [2.05, 4.69) is 25.1 Å². The molecule has 0 rings (SSSR count). The Labute approximate surface area is 80.0 Å². The Morgan fingerprint density at radius 1 is 1.42 bits per heavy atom. The molecule has 0 aromatic heterocycles. The van der Waals surface area contributed by atoms with Gasteiger partial charge in [-0.2, -0.15) is 11.8 Å². The van der Waals surface area contributed by atoms with Gasteiger partial charge in [-0.05, 0) is 24.9 Å². The predicted molar refractivity (Wildman–Crippen MR) is 58.9 cm³/mol. The summed E-state index contributed by atoms with van der Waals surface area (Å²) in [6.07, 6.45) is 4.54. The maximum atomic E-state index is 5.68. The fourth-order valence-electron chi connectivity index (χ4n) is 0.749. The molecule has 0 aliphatic rings. The van der Waals surface area contributed by atoms with Crippen LogP contribution in [-0.4, -0.2) is 24.4 Å². The lowest BCUT2D eigenvalue weighted by molar-refractivity contribution is 0.793. The lowest BCUT2D eigenvalue weighted by Gasteiger charge is -2.03. The van der Waals surface area contributed by atoms with E-state index < -0.39 is 0 Å². The second kappa shape index (κ2) is 7.47. The topological polar surface area (TPSA) is 38.4 Å². The molecule has 0 fully saturated rings. The molecule has 0 aromatic carbocycles. The SMILES string of the molecule is CSCCCCN=C(N)C(C)C. The molecular formula is C9H20N2S. The largest absolute Gasteiger partial charge is 0.387 e. The van der Waals surface area contributed by atoms with Gasteiger partial charge in [0.05, 0.1) is 5.84 Å². The normalized spacial score (nSPS) is 12.5. The van der Waals surface area contributed by atoms with Crippen molar-refractivity contribution < 1.29 is 0 Å². The Kier molecular flexibility index (Phi) is 7.36. The van der Waals surface area contributed by atoms with Crippen molar-refractivity contribution in [1.29, 1.82) is 0 Å². The average Bonchev–Trinajstić information content (AvgIpc) is 2.03. The zero-order chi connectivity index (χ0) is 9.40. The maximum Gasteiger partial charge on any atom is 0.0962 e. The molecule has 0 saturated carbocycles. The van der Waals surface area contributed by atoms with Crippen LogP contribution in [0.3, 0.4) is 0 Å². The van der Waals surface area contributed by atoms with Gasteiger partial charge in [0.15, 0.2) is 0 Å². The second-order valence-electron chi connectivity index (χ2n) is 3.16. The minimum Gasteiger partial charge on any atom is -0.387 e. The van der Waals surface area contributed by atoms with E-state index in [1.807, 2.05) is 11.8 Å². The third-order valence-corrected chi connectivity index (χ3v) is 2.34. The van der Waals surface area contributed by atoms with Gasteiger partial charge >= 0.3 is 0 Å². The molecule has 0 amide bonds. The monoisotopic (exact) mass is 188 g/mol. The van der Waals surface area contributed by atoms with E-state index in [4.69, 9.17) is 5.73 Å². The molecule has 0 saturated heterocycles. The van der Waals surface area contributed by atoms with Gasteiger partial charge in [0.25, 0.3) is 0 Å². The number of thioether (sulfide) groups is 1. The highest BCUT2D eigenvalue weighted by atomic mass is 32.2. The summed E-state index contributed by atoms with van der Waals surface area (Å²) < 4.78 is 0. The van der Waals surface area contributed by atoms with Crippen molar-refractivity contribution in [2.75, 3.05) is 18.6 Å². The van der Waals surface area contributed by atoms with Gasteiger partial charge in [0, 0.05) is 12.5 Å². The molecule has 72 valence electrons. The Bertz CT molecular complexity index is 132. The van der Waals surface area contributed by atoms with Crippen LogP contribution in [0.15, 0.2) is 4.99 Å². The van der Waals surface area contributed by atoms with Gasteiger partial charge in [-0.1, -0.05) is 13.8 Å². The highest BCUT2D eigenvalue weighted by Gasteiger charge is 1.96. The maximum absolute atomic E-state index is 5.68. The lowest BCUT2D eigenvalue weighted by atomic mass is 10.2. The molecule has 0 aliphatic carbocycles. The molecule has 0 unspecified atom stereocenters. The van der Waals surface area contributed by atoms with E-state index in [0.717, 1.165) is 18.8 Å². The second-order valence-corrected chi connectivity index (χ2v) is 4.15. The van der Waals surface area contributed by atoms with E-state index in [0.29, 0.717) is 5.92 Å². The van der Waals surface area contributed by atoms with Crippen molar-refractivity contribution in [3.63, 3.8) is 0 Å². The lowest BCUT2D eigenvalue weighted by Crippen LogP contribution is -2.19. The van der Waals surface area contributed by atoms with Gasteiger partial charge in [-0.3, -0.25) is 4.99 Å². The molecule has 0 aliphatic heterocycles. The molecule has 0 bridgehead atoms. The zero-order valence-electron chi connectivity index (χ0n) is 8.34. The van der Waals surface area contributed by atoms with Gasteiger partial charge in [-0.15, -0.1) is 0 Å². The van der Waals surface area contributed by atoms with Crippen molar-refractivity contribution in [3.05, 3.63) is 0 Å². The number of nitrogens with two attached hydrogens (primary N) is 1. The van der Waals surface area contributed by atoms with E-state index in [9.17, 15) is 0 Å². The smallest absolute Gasteiger partial charge is 0.0962 e. The van der Waals surface area contributed by atoms with Crippen LogP contribution < -0.4 is 5.73 Å². The number of unbranched alkanes of at least 4 members (excludes halogenated alkanes) is 1. The fourth-order valence-corrected chi connectivity index (χ4v) is 1.24. The van der Waals surface area contributed by atoms with E-state index in [1.54, 1.807) is 0 Å². The highest BCUT2D eigenvalue weighted by molar-refractivity contribution is 7.98. The molecular weight excluding hydrogens is 168 g/mol. The van der Waals surface area contributed by atoms with Crippen LogP contribution in [0.1, 0.15) is 26.7 Å². The minimum atomic E-state index is 0.394. The van der Waals surface area contributed by atoms with Crippen molar-refractivity contribution in [3.8, 4) is 0 Å². The van der Waals surface area contributed by atoms with Crippen LogP contribution in [-0.2, 0) is 0 Å². The third kappa shape index (κ3) is 6.53. The molecule has 0 spiro atoms. The van der Waals surface area contributed by atoms with Crippen molar-refractivity contribution in [1.82, 2.24) is 0 Å². The summed E-state index contributed by atoms with van der Waals surface area (Å²) >= 11 is 1.89. The summed E-state index contributed by atoms with van der Waals surface area (Å²) in [6, 6.07) is 0.